The van der Waals surface area contributed by atoms with E-state index in [1.807, 2.05) is 0 Å². The molecule has 1 aromatic heterocycles. The Hall–Kier alpha value is -2.87. The zero-order valence-corrected chi connectivity index (χ0v) is 11.0. The molecule has 0 saturated heterocycles. The zero-order chi connectivity index (χ0) is 15.6. The molecule has 2 N–H and O–H groups in total. The van der Waals surface area contributed by atoms with Gasteiger partial charge in [-0.3, -0.25) is 14.9 Å². The van der Waals surface area contributed by atoms with E-state index in [9.17, 15) is 19.7 Å². The van der Waals surface area contributed by atoms with E-state index in [1.165, 1.54) is 18.2 Å². The van der Waals surface area contributed by atoms with Gasteiger partial charge in [-0.25, -0.2) is 4.79 Å². The Morgan fingerprint density at radius 2 is 1.90 bits per heavy atom. The summed E-state index contributed by atoms with van der Waals surface area (Å²) in [4.78, 5) is 32.5. The van der Waals surface area contributed by atoms with Crippen LogP contribution in [0.15, 0.2) is 34.7 Å². The summed E-state index contributed by atoms with van der Waals surface area (Å²) in [5.41, 5.74) is -0.232. The van der Waals surface area contributed by atoms with Crippen LogP contribution in [0.1, 0.15) is 21.1 Å². The zero-order valence-electron chi connectivity index (χ0n) is 10.2. The van der Waals surface area contributed by atoms with Gasteiger partial charge in [0.15, 0.2) is 5.76 Å². The first kappa shape index (κ1) is 14.5. The number of carboxylic acid groups (broad SMARTS) is 1. The van der Waals surface area contributed by atoms with E-state index in [4.69, 9.17) is 21.1 Å². The topological polar surface area (TPSA) is 123 Å². The third kappa shape index (κ3) is 3.18. The Labute approximate surface area is 122 Å². The third-order valence-corrected chi connectivity index (χ3v) is 2.76. The molecular weight excluding hydrogens is 304 g/mol. The van der Waals surface area contributed by atoms with Crippen LogP contribution in [0.25, 0.3) is 0 Å². The second-order valence-electron chi connectivity index (χ2n) is 3.85. The summed E-state index contributed by atoms with van der Waals surface area (Å²) in [6.07, 6.45) is 0. The Balaban J connectivity index is 2.21. The highest BCUT2D eigenvalue weighted by atomic mass is 35.5. The summed E-state index contributed by atoms with van der Waals surface area (Å²) in [7, 11) is 0. The number of halogens is 1. The number of nitrogens with one attached hydrogen (secondary N) is 1. The number of nitro benzene ring substituents is 1. The predicted molar refractivity (Wildman–Crippen MR) is 71.7 cm³/mol. The predicted octanol–water partition coefficient (Wildman–Crippen LogP) is 2.79. The Bertz CT molecular complexity index is 739. The third-order valence-electron chi connectivity index (χ3n) is 2.44. The van der Waals surface area contributed by atoms with Crippen LogP contribution >= 0.6 is 11.6 Å². The molecule has 1 heterocycles. The fourth-order valence-corrected chi connectivity index (χ4v) is 1.68. The summed E-state index contributed by atoms with van der Waals surface area (Å²) < 4.78 is 4.81. The summed E-state index contributed by atoms with van der Waals surface area (Å²) in [5, 5.41) is 21.7. The number of amides is 1. The molecule has 1 amide bonds. The second-order valence-corrected chi connectivity index (χ2v) is 4.25. The van der Waals surface area contributed by atoms with E-state index < -0.39 is 16.8 Å². The van der Waals surface area contributed by atoms with Gasteiger partial charge in [-0.1, -0.05) is 11.6 Å². The fraction of sp³-hybridized carbons (Fsp3) is 0. The maximum atomic E-state index is 11.8. The molecule has 21 heavy (non-hydrogen) atoms. The minimum Gasteiger partial charge on any atom is -0.475 e. The van der Waals surface area contributed by atoms with Gasteiger partial charge in [-0.05, 0) is 24.3 Å². The molecule has 0 unspecified atom stereocenters. The normalized spacial score (nSPS) is 10.1. The van der Waals surface area contributed by atoms with Gasteiger partial charge >= 0.3 is 5.97 Å². The molecule has 0 aliphatic rings. The number of carbonyl (C=O) groups is 2. The standard InChI is InChI=1S/C12H7ClN2O6/c13-7-2-1-6(5-8(7)15(19)20)14-11(16)9-3-4-10(21-9)12(17)18/h1-5H,(H,14,16)(H,17,18). The van der Waals surface area contributed by atoms with Gasteiger partial charge in [0.25, 0.3) is 11.6 Å². The molecule has 0 radical (unpaired) electrons. The highest BCUT2D eigenvalue weighted by Crippen LogP contribution is 2.27. The number of hydrogen-bond acceptors (Lipinski definition) is 5. The first-order valence-corrected chi connectivity index (χ1v) is 5.84. The molecule has 108 valence electrons. The van der Waals surface area contributed by atoms with Crippen LogP contribution in [0.2, 0.25) is 5.02 Å². The maximum Gasteiger partial charge on any atom is 0.371 e. The van der Waals surface area contributed by atoms with Crippen molar-refractivity contribution in [3.8, 4) is 0 Å². The van der Waals surface area contributed by atoms with Crippen LogP contribution in [0.3, 0.4) is 0 Å². The smallest absolute Gasteiger partial charge is 0.371 e. The highest BCUT2D eigenvalue weighted by Gasteiger charge is 2.17. The summed E-state index contributed by atoms with van der Waals surface area (Å²) in [6.45, 7) is 0. The van der Waals surface area contributed by atoms with E-state index >= 15 is 0 Å². The lowest BCUT2D eigenvalue weighted by atomic mass is 10.2. The van der Waals surface area contributed by atoms with Gasteiger partial charge in [0.2, 0.25) is 5.76 Å². The van der Waals surface area contributed by atoms with Crippen molar-refractivity contribution >= 4 is 34.9 Å². The molecule has 0 fully saturated rings. The van der Waals surface area contributed by atoms with Crippen molar-refractivity contribution < 1.29 is 24.0 Å². The largest absolute Gasteiger partial charge is 0.475 e. The van der Waals surface area contributed by atoms with Crippen LogP contribution in [-0.2, 0) is 0 Å². The van der Waals surface area contributed by atoms with Crippen molar-refractivity contribution in [2.24, 2.45) is 0 Å². The van der Waals surface area contributed by atoms with Crippen molar-refractivity contribution in [2.75, 3.05) is 5.32 Å². The number of carboxylic acids is 1. The number of carbonyl (C=O) groups excluding carboxylic acids is 1. The first-order valence-electron chi connectivity index (χ1n) is 5.47. The molecular formula is C12H7ClN2O6. The molecule has 2 aromatic rings. The lowest BCUT2D eigenvalue weighted by Gasteiger charge is -2.03. The summed E-state index contributed by atoms with van der Waals surface area (Å²) >= 11 is 5.64. The van der Waals surface area contributed by atoms with Gasteiger partial charge in [0, 0.05) is 11.8 Å². The van der Waals surface area contributed by atoms with Gasteiger partial charge in [-0.2, -0.15) is 0 Å². The number of benzene rings is 1. The highest BCUT2D eigenvalue weighted by molar-refractivity contribution is 6.32. The number of rotatable bonds is 4. The number of anilines is 1. The van der Waals surface area contributed by atoms with E-state index in [1.54, 1.807) is 0 Å². The molecule has 2 rings (SSSR count). The molecule has 8 nitrogen and oxygen atoms in total. The van der Waals surface area contributed by atoms with E-state index in [0.29, 0.717) is 0 Å². The van der Waals surface area contributed by atoms with Gasteiger partial charge in [0.1, 0.15) is 5.02 Å². The van der Waals surface area contributed by atoms with Crippen LogP contribution in [0.4, 0.5) is 11.4 Å². The molecule has 9 heteroatoms. The Morgan fingerprint density at radius 1 is 1.24 bits per heavy atom. The van der Waals surface area contributed by atoms with Crippen molar-refractivity contribution in [3.05, 3.63) is 57.0 Å². The average Bonchev–Trinajstić information content (AvgIpc) is 2.90. The van der Waals surface area contributed by atoms with Crippen molar-refractivity contribution in [1.29, 1.82) is 0 Å². The first-order chi connectivity index (χ1) is 9.88. The van der Waals surface area contributed by atoms with E-state index in [2.05, 4.69) is 5.32 Å². The molecule has 0 spiro atoms. The van der Waals surface area contributed by atoms with Gasteiger partial charge in [0.05, 0.1) is 4.92 Å². The molecule has 0 aliphatic heterocycles. The van der Waals surface area contributed by atoms with E-state index in [-0.39, 0.29) is 27.9 Å². The fourth-order valence-electron chi connectivity index (χ4n) is 1.50. The molecule has 0 bridgehead atoms. The molecule has 0 saturated carbocycles. The molecule has 0 atom stereocenters. The quantitative estimate of drug-likeness (QED) is 0.661. The number of hydrogen-bond donors (Lipinski definition) is 2. The summed E-state index contributed by atoms with van der Waals surface area (Å²) in [6, 6.07) is 6.03. The molecule has 1 aromatic carbocycles. The Morgan fingerprint density at radius 3 is 2.48 bits per heavy atom. The number of furan rings is 1. The van der Waals surface area contributed by atoms with Crippen molar-refractivity contribution in [1.82, 2.24) is 0 Å². The van der Waals surface area contributed by atoms with E-state index in [0.717, 1.165) is 12.1 Å². The van der Waals surface area contributed by atoms with Gasteiger partial charge < -0.3 is 14.8 Å². The maximum absolute atomic E-state index is 11.8. The SMILES string of the molecule is O=C(O)c1ccc(C(=O)Nc2ccc(Cl)c([N+](=O)[O-])c2)o1. The van der Waals surface area contributed by atoms with Crippen LogP contribution in [0.5, 0.6) is 0 Å². The monoisotopic (exact) mass is 310 g/mol. The van der Waals surface area contributed by atoms with Crippen molar-refractivity contribution in [2.45, 2.75) is 0 Å². The van der Waals surface area contributed by atoms with Crippen LogP contribution in [0, 0.1) is 10.1 Å². The van der Waals surface area contributed by atoms with Crippen LogP contribution < -0.4 is 5.32 Å². The number of nitro groups is 1. The minimum atomic E-state index is -1.31. The summed E-state index contributed by atoms with van der Waals surface area (Å²) in [5.74, 6) is -2.66. The number of aromatic carboxylic acids is 1. The lowest BCUT2D eigenvalue weighted by molar-refractivity contribution is -0.384. The minimum absolute atomic E-state index is 0.0656. The van der Waals surface area contributed by atoms with Crippen LogP contribution in [-0.4, -0.2) is 21.9 Å². The van der Waals surface area contributed by atoms with Gasteiger partial charge in [-0.15, -0.1) is 0 Å². The second kappa shape index (κ2) is 5.63. The van der Waals surface area contributed by atoms with Crippen molar-refractivity contribution in [3.63, 3.8) is 0 Å². The number of nitrogens with zero attached hydrogens (tertiary/aromatic N) is 1. The average molecular weight is 311 g/mol. The molecule has 0 aliphatic carbocycles. The lowest BCUT2D eigenvalue weighted by Crippen LogP contribution is -2.11. The Kier molecular flexibility index (Phi) is 3.90.